The Kier molecular flexibility index (Phi) is 5.53. The first-order chi connectivity index (χ1) is 13.4. The fraction of sp³-hybridized carbons (Fsp3) is 0.316. The van der Waals surface area contributed by atoms with Crippen molar-refractivity contribution in [1.29, 1.82) is 0 Å². The van der Waals surface area contributed by atoms with Crippen LogP contribution in [0, 0.1) is 27.2 Å². The molecule has 0 bridgehead atoms. The molecule has 0 aliphatic carbocycles. The Balaban J connectivity index is 1.95. The maximum absolute atomic E-state index is 12.9. The molecule has 1 aliphatic rings. The van der Waals surface area contributed by atoms with E-state index in [1.165, 1.54) is 18.2 Å². The molecular weight excluding hydrogens is 364 g/mol. The van der Waals surface area contributed by atoms with E-state index in [1.54, 1.807) is 25.1 Å². The third-order valence-electron chi connectivity index (χ3n) is 4.80. The number of anilines is 2. The molecule has 1 heterocycles. The summed E-state index contributed by atoms with van der Waals surface area (Å²) in [5.74, 6) is -0.539. The Morgan fingerprint density at radius 2 is 1.71 bits per heavy atom. The highest BCUT2D eigenvalue weighted by Gasteiger charge is 2.22. The average Bonchev–Trinajstić information content (AvgIpc) is 2.69. The number of carbonyl (C=O) groups excluding carboxylic acids is 1. The number of aryl methyl sites for hydroxylation is 1. The number of hydrogen-bond acceptors (Lipinski definition) is 6. The first kappa shape index (κ1) is 19.3. The summed E-state index contributed by atoms with van der Waals surface area (Å²) in [6.45, 7) is 3.15. The number of benzene rings is 2. The maximum atomic E-state index is 12.9. The average molecular weight is 384 g/mol. The lowest BCUT2D eigenvalue weighted by Gasteiger charge is -2.30. The Bertz CT molecular complexity index is 938. The zero-order valence-electron chi connectivity index (χ0n) is 15.4. The smallest absolute Gasteiger partial charge is 0.274 e. The highest BCUT2D eigenvalue weighted by Crippen LogP contribution is 2.29. The van der Waals surface area contributed by atoms with E-state index in [-0.39, 0.29) is 22.6 Å². The third-order valence-corrected chi connectivity index (χ3v) is 4.80. The molecule has 1 amide bonds. The van der Waals surface area contributed by atoms with Crippen LogP contribution in [0.4, 0.5) is 22.7 Å². The standard InChI is InChI=1S/C19H20N4O5/c1-13-5-6-14(11-18(13)23(27)28)20-19(24)16-12-15(22(25)26)7-8-17(16)21-9-3-2-4-10-21/h5-8,11-12H,2-4,9-10H2,1H3,(H,20,24). The van der Waals surface area contributed by atoms with Gasteiger partial charge in [0.2, 0.25) is 0 Å². The van der Waals surface area contributed by atoms with Crippen molar-refractivity contribution in [2.45, 2.75) is 26.2 Å². The molecule has 3 rings (SSSR count). The van der Waals surface area contributed by atoms with Crippen LogP contribution >= 0.6 is 0 Å². The molecule has 146 valence electrons. The molecule has 2 aromatic carbocycles. The van der Waals surface area contributed by atoms with Gasteiger partial charge in [0.05, 0.1) is 21.1 Å². The molecule has 0 spiro atoms. The second kappa shape index (κ2) is 8.03. The molecule has 9 heteroatoms. The van der Waals surface area contributed by atoms with E-state index in [4.69, 9.17) is 0 Å². The molecule has 0 radical (unpaired) electrons. The van der Waals surface area contributed by atoms with Crippen molar-refractivity contribution >= 4 is 28.7 Å². The lowest BCUT2D eigenvalue weighted by atomic mass is 10.1. The first-order valence-electron chi connectivity index (χ1n) is 8.96. The van der Waals surface area contributed by atoms with Crippen LogP contribution in [0.15, 0.2) is 36.4 Å². The first-order valence-corrected chi connectivity index (χ1v) is 8.96. The van der Waals surface area contributed by atoms with Gasteiger partial charge >= 0.3 is 0 Å². The van der Waals surface area contributed by atoms with Crippen LogP contribution in [-0.4, -0.2) is 28.8 Å². The minimum absolute atomic E-state index is 0.104. The predicted octanol–water partition coefficient (Wildman–Crippen LogP) is 4.05. The SMILES string of the molecule is Cc1ccc(NC(=O)c2cc([N+](=O)[O-])ccc2N2CCCCC2)cc1[N+](=O)[O-]. The molecule has 2 aromatic rings. The van der Waals surface area contributed by atoms with Gasteiger partial charge in [0.1, 0.15) is 0 Å². The quantitative estimate of drug-likeness (QED) is 0.613. The summed E-state index contributed by atoms with van der Waals surface area (Å²) in [4.78, 5) is 36.2. The van der Waals surface area contributed by atoms with Crippen molar-refractivity contribution in [3.63, 3.8) is 0 Å². The van der Waals surface area contributed by atoms with Gasteiger partial charge < -0.3 is 10.2 Å². The zero-order chi connectivity index (χ0) is 20.3. The van der Waals surface area contributed by atoms with Crippen molar-refractivity contribution in [2.24, 2.45) is 0 Å². The van der Waals surface area contributed by atoms with Gasteiger partial charge in [0.15, 0.2) is 0 Å². The number of non-ortho nitro benzene ring substituents is 1. The number of piperidine rings is 1. The monoisotopic (exact) mass is 384 g/mol. The summed E-state index contributed by atoms with van der Waals surface area (Å²) in [6, 6.07) is 8.63. The Labute approximate surface area is 161 Å². The normalized spacial score (nSPS) is 13.8. The Hall–Kier alpha value is -3.49. The number of rotatable bonds is 5. The Morgan fingerprint density at radius 3 is 2.36 bits per heavy atom. The Morgan fingerprint density at radius 1 is 1.00 bits per heavy atom. The molecular formula is C19H20N4O5. The topological polar surface area (TPSA) is 119 Å². The van der Waals surface area contributed by atoms with Crippen molar-refractivity contribution < 1.29 is 14.6 Å². The van der Waals surface area contributed by atoms with E-state index in [0.29, 0.717) is 11.3 Å². The van der Waals surface area contributed by atoms with Crippen LogP contribution in [0.3, 0.4) is 0 Å². The van der Waals surface area contributed by atoms with E-state index in [0.717, 1.165) is 32.4 Å². The van der Waals surface area contributed by atoms with Gasteiger partial charge in [-0.15, -0.1) is 0 Å². The molecule has 1 saturated heterocycles. The molecule has 0 unspecified atom stereocenters. The summed E-state index contributed by atoms with van der Waals surface area (Å²) < 4.78 is 0. The van der Waals surface area contributed by atoms with Crippen LogP contribution < -0.4 is 10.2 Å². The van der Waals surface area contributed by atoms with E-state index in [1.807, 2.05) is 4.90 Å². The predicted molar refractivity (Wildman–Crippen MR) is 105 cm³/mol. The largest absolute Gasteiger partial charge is 0.371 e. The number of nitro benzene ring substituents is 2. The molecule has 0 saturated carbocycles. The molecule has 1 fully saturated rings. The second-order valence-electron chi connectivity index (χ2n) is 6.72. The summed E-state index contributed by atoms with van der Waals surface area (Å²) in [5.41, 5.74) is 1.27. The van der Waals surface area contributed by atoms with E-state index >= 15 is 0 Å². The third kappa shape index (κ3) is 4.08. The number of nitrogens with one attached hydrogen (secondary N) is 1. The minimum Gasteiger partial charge on any atom is -0.371 e. The molecule has 1 N–H and O–H groups in total. The van der Waals surface area contributed by atoms with Gasteiger partial charge in [-0.2, -0.15) is 0 Å². The number of hydrogen-bond donors (Lipinski definition) is 1. The number of nitro groups is 2. The van der Waals surface area contributed by atoms with Crippen LogP contribution in [0.5, 0.6) is 0 Å². The molecule has 0 atom stereocenters. The van der Waals surface area contributed by atoms with E-state index in [2.05, 4.69) is 5.32 Å². The number of nitrogens with zero attached hydrogens (tertiary/aromatic N) is 3. The molecule has 9 nitrogen and oxygen atoms in total. The summed E-state index contributed by atoms with van der Waals surface area (Å²) in [6.07, 6.45) is 3.09. The van der Waals surface area contributed by atoms with Gasteiger partial charge in [-0.3, -0.25) is 25.0 Å². The lowest BCUT2D eigenvalue weighted by Crippen LogP contribution is -2.31. The van der Waals surface area contributed by atoms with Gasteiger partial charge in [-0.05, 0) is 38.3 Å². The van der Waals surface area contributed by atoms with Gasteiger partial charge in [0, 0.05) is 42.5 Å². The van der Waals surface area contributed by atoms with Gasteiger partial charge in [0.25, 0.3) is 17.3 Å². The van der Waals surface area contributed by atoms with E-state index in [9.17, 15) is 25.0 Å². The minimum atomic E-state index is -0.548. The van der Waals surface area contributed by atoms with E-state index < -0.39 is 15.8 Å². The summed E-state index contributed by atoms with van der Waals surface area (Å²) in [7, 11) is 0. The second-order valence-corrected chi connectivity index (χ2v) is 6.72. The fourth-order valence-corrected chi connectivity index (χ4v) is 3.31. The number of carbonyl (C=O) groups is 1. The zero-order valence-corrected chi connectivity index (χ0v) is 15.4. The van der Waals surface area contributed by atoms with Crippen LogP contribution in [0.2, 0.25) is 0 Å². The molecule has 0 aromatic heterocycles. The van der Waals surface area contributed by atoms with Crippen molar-refractivity contribution in [3.8, 4) is 0 Å². The van der Waals surface area contributed by atoms with Gasteiger partial charge in [-0.1, -0.05) is 6.07 Å². The van der Waals surface area contributed by atoms with Crippen LogP contribution in [0.25, 0.3) is 0 Å². The van der Waals surface area contributed by atoms with Crippen LogP contribution in [-0.2, 0) is 0 Å². The number of amides is 1. The van der Waals surface area contributed by atoms with Crippen molar-refractivity contribution in [2.75, 3.05) is 23.3 Å². The van der Waals surface area contributed by atoms with Crippen LogP contribution in [0.1, 0.15) is 35.2 Å². The van der Waals surface area contributed by atoms with Crippen molar-refractivity contribution in [3.05, 3.63) is 67.8 Å². The van der Waals surface area contributed by atoms with Gasteiger partial charge in [-0.25, -0.2) is 0 Å². The lowest BCUT2D eigenvalue weighted by molar-refractivity contribution is -0.385. The summed E-state index contributed by atoms with van der Waals surface area (Å²) >= 11 is 0. The maximum Gasteiger partial charge on any atom is 0.274 e. The highest BCUT2D eigenvalue weighted by molar-refractivity contribution is 6.08. The molecule has 28 heavy (non-hydrogen) atoms. The fourth-order valence-electron chi connectivity index (χ4n) is 3.31. The van der Waals surface area contributed by atoms with Crippen molar-refractivity contribution in [1.82, 2.24) is 0 Å². The molecule has 1 aliphatic heterocycles. The highest BCUT2D eigenvalue weighted by atomic mass is 16.6. The summed E-state index contributed by atoms with van der Waals surface area (Å²) in [5, 5.41) is 24.9.